The van der Waals surface area contributed by atoms with Gasteiger partial charge in [-0.1, -0.05) is 12.8 Å². The first-order valence-electron chi connectivity index (χ1n) is 3.68. The van der Waals surface area contributed by atoms with Crippen LogP contribution in [0.2, 0.25) is 0 Å². The summed E-state index contributed by atoms with van der Waals surface area (Å²) < 4.78 is 0. The highest BCUT2D eigenvalue weighted by Gasteiger charge is 2.27. The van der Waals surface area contributed by atoms with Crippen molar-refractivity contribution in [3.05, 3.63) is 0 Å². The van der Waals surface area contributed by atoms with Crippen LogP contribution < -0.4 is 5.32 Å². The Labute approximate surface area is 70.9 Å². The lowest BCUT2D eigenvalue weighted by molar-refractivity contribution is -0.125. The number of imide groups is 1. The van der Waals surface area contributed by atoms with E-state index in [0.29, 0.717) is 6.54 Å². The van der Waals surface area contributed by atoms with Crippen LogP contribution in [0.5, 0.6) is 0 Å². The van der Waals surface area contributed by atoms with Crippen molar-refractivity contribution >= 4 is 11.9 Å². The Morgan fingerprint density at radius 2 is 2.42 bits per heavy atom. The lowest BCUT2D eigenvalue weighted by Gasteiger charge is -2.28. The summed E-state index contributed by atoms with van der Waals surface area (Å²) in [5.74, 6) is 1.96. The van der Waals surface area contributed by atoms with Crippen LogP contribution in [-0.2, 0) is 4.79 Å². The molecule has 0 aromatic heterocycles. The van der Waals surface area contributed by atoms with Crippen molar-refractivity contribution in [1.82, 2.24) is 10.2 Å². The van der Waals surface area contributed by atoms with Gasteiger partial charge in [-0.05, 0) is 0 Å². The molecule has 1 rings (SSSR count). The quantitative estimate of drug-likeness (QED) is 0.549. The number of carbonyl (C=O) groups excluding carboxylic acids is 2. The minimum absolute atomic E-state index is 0.170. The fourth-order valence-electron chi connectivity index (χ4n) is 1.05. The first-order valence-corrected chi connectivity index (χ1v) is 3.68. The average Bonchev–Trinajstić information content (AvgIpc) is 2.01. The number of amides is 3. The van der Waals surface area contributed by atoms with Crippen molar-refractivity contribution in [1.29, 1.82) is 0 Å². The highest BCUT2D eigenvalue weighted by Crippen LogP contribution is 2.05. The van der Waals surface area contributed by atoms with Crippen LogP contribution in [0, 0.1) is 18.3 Å². The molecule has 4 heteroatoms. The van der Waals surface area contributed by atoms with Crippen LogP contribution in [0.1, 0.15) is 6.92 Å². The number of urea groups is 1. The van der Waals surface area contributed by atoms with Gasteiger partial charge in [-0.2, -0.15) is 0 Å². The Bertz CT molecular complexity index is 254. The van der Waals surface area contributed by atoms with Gasteiger partial charge in [-0.15, -0.1) is 6.42 Å². The predicted molar refractivity (Wildman–Crippen MR) is 43.1 cm³/mol. The first kappa shape index (κ1) is 8.60. The lowest BCUT2D eigenvalue weighted by atomic mass is 10.1. The van der Waals surface area contributed by atoms with Crippen LogP contribution in [0.15, 0.2) is 0 Å². The topological polar surface area (TPSA) is 49.4 Å². The van der Waals surface area contributed by atoms with Crippen molar-refractivity contribution in [2.24, 2.45) is 5.92 Å². The molecule has 1 aliphatic rings. The Hall–Kier alpha value is -1.50. The molecule has 4 nitrogen and oxygen atoms in total. The van der Waals surface area contributed by atoms with Crippen LogP contribution >= 0.6 is 0 Å². The Morgan fingerprint density at radius 3 is 3.00 bits per heavy atom. The molecule has 1 aliphatic heterocycles. The molecule has 1 fully saturated rings. The first-order chi connectivity index (χ1) is 5.65. The molecule has 1 heterocycles. The third-order valence-electron chi connectivity index (χ3n) is 1.74. The molecule has 64 valence electrons. The molecular formula is C8H10N2O2. The van der Waals surface area contributed by atoms with Crippen molar-refractivity contribution in [2.75, 3.05) is 13.1 Å². The molecule has 12 heavy (non-hydrogen) atoms. The van der Waals surface area contributed by atoms with Crippen LogP contribution in [0.3, 0.4) is 0 Å². The molecule has 0 saturated carbocycles. The summed E-state index contributed by atoms with van der Waals surface area (Å²) >= 11 is 0. The number of carbonyl (C=O) groups is 2. The second-order valence-corrected chi connectivity index (χ2v) is 2.78. The molecule has 0 radical (unpaired) electrons. The predicted octanol–water partition coefficient (Wildman–Crippen LogP) is -0.192. The van der Waals surface area contributed by atoms with Crippen LogP contribution in [0.4, 0.5) is 4.79 Å². The Balaban J connectivity index is 2.63. The van der Waals surface area contributed by atoms with E-state index in [-0.39, 0.29) is 18.4 Å². The van der Waals surface area contributed by atoms with Gasteiger partial charge in [-0.3, -0.25) is 10.1 Å². The van der Waals surface area contributed by atoms with Gasteiger partial charge in [0.15, 0.2) is 0 Å². The zero-order valence-corrected chi connectivity index (χ0v) is 6.83. The molecule has 0 aromatic rings. The van der Waals surface area contributed by atoms with Crippen molar-refractivity contribution < 1.29 is 9.59 Å². The minimum atomic E-state index is -0.393. The zero-order valence-electron chi connectivity index (χ0n) is 6.83. The minimum Gasteiger partial charge on any atom is -0.313 e. The summed E-state index contributed by atoms with van der Waals surface area (Å²) in [7, 11) is 0. The SMILES string of the molecule is C#CCN1CC(C)C(=O)NC1=O. The van der Waals surface area contributed by atoms with E-state index in [0.717, 1.165) is 0 Å². The second kappa shape index (κ2) is 3.26. The van der Waals surface area contributed by atoms with E-state index in [1.807, 2.05) is 0 Å². The second-order valence-electron chi connectivity index (χ2n) is 2.78. The third-order valence-corrected chi connectivity index (χ3v) is 1.74. The van der Waals surface area contributed by atoms with Crippen molar-refractivity contribution in [3.63, 3.8) is 0 Å². The number of nitrogens with one attached hydrogen (secondary N) is 1. The van der Waals surface area contributed by atoms with Gasteiger partial charge in [0.25, 0.3) is 0 Å². The fourth-order valence-corrected chi connectivity index (χ4v) is 1.05. The van der Waals surface area contributed by atoms with E-state index < -0.39 is 6.03 Å². The maximum atomic E-state index is 11.0. The molecule has 0 aliphatic carbocycles. The largest absolute Gasteiger partial charge is 0.324 e. The lowest BCUT2D eigenvalue weighted by Crippen LogP contribution is -2.53. The number of hydrogen-bond acceptors (Lipinski definition) is 2. The normalized spacial score (nSPS) is 23.3. The molecule has 0 aromatic carbocycles. The van der Waals surface area contributed by atoms with E-state index in [9.17, 15) is 9.59 Å². The molecular weight excluding hydrogens is 156 g/mol. The third kappa shape index (κ3) is 1.56. The smallest absolute Gasteiger partial charge is 0.313 e. The number of nitrogens with zero attached hydrogens (tertiary/aromatic N) is 1. The molecule has 0 bridgehead atoms. The van der Waals surface area contributed by atoms with Crippen molar-refractivity contribution in [2.45, 2.75) is 6.92 Å². The summed E-state index contributed by atoms with van der Waals surface area (Å²) in [6.07, 6.45) is 5.05. The summed E-state index contributed by atoms with van der Waals surface area (Å²) in [6.45, 7) is 2.42. The summed E-state index contributed by atoms with van der Waals surface area (Å²) in [6, 6.07) is -0.393. The monoisotopic (exact) mass is 166 g/mol. The zero-order chi connectivity index (χ0) is 9.14. The van der Waals surface area contributed by atoms with Gasteiger partial charge in [0.1, 0.15) is 0 Å². The maximum Gasteiger partial charge on any atom is 0.324 e. The van der Waals surface area contributed by atoms with E-state index in [2.05, 4.69) is 11.2 Å². The van der Waals surface area contributed by atoms with Gasteiger partial charge < -0.3 is 4.90 Å². The molecule has 3 amide bonds. The molecule has 1 saturated heterocycles. The van der Waals surface area contributed by atoms with Gasteiger partial charge in [0, 0.05) is 6.54 Å². The van der Waals surface area contributed by atoms with Crippen LogP contribution in [-0.4, -0.2) is 29.9 Å². The van der Waals surface area contributed by atoms with Crippen molar-refractivity contribution in [3.8, 4) is 12.3 Å². The van der Waals surface area contributed by atoms with Gasteiger partial charge in [0.2, 0.25) is 5.91 Å². The van der Waals surface area contributed by atoms with E-state index >= 15 is 0 Å². The molecule has 1 atom stereocenters. The maximum absolute atomic E-state index is 11.0. The Morgan fingerprint density at radius 1 is 1.75 bits per heavy atom. The number of hydrogen-bond donors (Lipinski definition) is 1. The number of rotatable bonds is 1. The fraction of sp³-hybridized carbons (Fsp3) is 0.500. The average molecular weight is 166 g/mol. The van der Waals surface area contributed by atoms with Gasteiger partial charge >= 0.3 is 6.03 Å². The molecule has 0 spiro atoms. The number of terminal acetylenes is 1. The molecule has 1 unspecified atom stereocenters. The standard InChI is InChI=1S/C8H10N2O2/c1-3-4-10-5-6(2)7(11)9-8(10)12/h1,6H,4-5H2,2H3,(H,9,11,12). The Kier molecular flexibility index (Phi) is 2.34. The highest BCUT2D eigenvalue weighted by molar-refractivity contribution is 5.97. The van der Waals surface area contributed by atoms with E-state index in [4.69, 9.17) is 6.42 Å². The van der Waals surface area contributed by atoms with Crippen LogP contribution in [0.25, 0.3) is 0 Å². The molecule has 1 N–H and O–H groups in total. The van der Waals surface area contributed by atoms with E-state index in [1.54, 1.807) is 6.92 Å². The summed E-state index contributed by atoms with van der Waals surface area (Å²) in [5, 5.41) is 2.22. The van der Waals surface area contributed by atoms with Gasteiger partial charge in [0.05, 0.1) is 12.5 Å². The highest BCUT2D eigenvalue weighted by atomic mass is 16.2. The van der Waals surface area contributed by atoms with E-state index in [1.165, 1.54) is 4.90 Å². The summed E-state index contributed by atoms with van der Waals surface area (Å²) in [5.41, 5.74) is 0. The van der Waals surface area contributed by atoms with Gasteiger partial charge in [-0.25, -0.2) is 4.79 Å². The summed E-state index contributed by atoms with van der Waals surface area (Å²) in [4.78, 5) is 23.4.